The molecule has 0 radical (unpaired) electrons. The minimum absolute atomic E-state index is 0.731. The van der Waals surface area contributed by atoms with Gasteiger partial charge in [-0.05, 0) is 59.7 Å². The zero-order valence-electron chi connectivity index (χ0n) is 15.1. The van der Waals surface area contributed by atoms with Gasteiger partial charge in [0.1, 0.15) is 0 Å². The average molecular weight is 362 g/mol. The highest BCUT2D eigenvalue weighted by Crippen LogP contribution is 2.36. The second-order valence-electron chi connectivity index (χ2n) is 6.83. The van der Waals surface area contributed by atoms with Crippen molar-refractivity contribution in [3.8, 4) is 22.4 Å². The van der Waals surface area contributed by atoms with E-state index in [1.54, 1.807) is 0 Å². The Kier molecular flexibility index (Phi) is 3.69. The number of pyridine rings is 2. The summed E-state index contributed by atoms with van der Waals surface area (Å²) >= 11 is 0. The summed E-state index contributed by atoms with van der Waals surface area (Å²) in [6.07, 6.45) is 1.81. The number of hydrogen-bond acceptors (Lipinski definition) is 4. The van der Waals surface area contributed by atoms with Gasteiger partial charge in [-0.25, -0.2) is 4.98 Å². The Morgan fingerprint density at radius 1 is 0.643 bits per heavy atom. The van der Waals surface area contributed by atoms with E-state index in [4.69, 9.17) is 16.5 Å². The number of nitrogen functional groups attached to an aromatic ring is 2. The standard InChI is InChI=1S/C24H18N4/c25-17-8-6-15(7-9-17)23-14-20(16-3-1-4-18(26)13-16)24-19-5-2-12-27-21(19)10-11-22(24)28-23/h1-14H,25-26H2. The lowest BCUT2D eigenvalue weighted by Gasteiger charge is -2.13. The maximum absolute atomic E-state index is 6.08. The minimum atomic E-state index is 0.731. The van der Waals surface area contributed by atoms with Crippen LogP contribution in [0.3, 0.4) is 0 Å². The van der Waals surface area contributed by atoms with E-state index in [9.17, 15) is 0 Å². The molecule has 2 aromatic heterocycles. The SMILES string of the molecule is Nc1ccc(-c2cc(-c3cccc(N)c3)c3c(ccc4ncccc43)n2)cc1. The molecule has 0 aliphatic heterocycles. The van der Waals surface area contributed by atoms with E-state index < -0.39 is 0 Å². The molecule has 5 aromatic rings. The number of hydrogen-bond donors (Lipinski definition) is 2. The Hall–Kier alpha value is -3.92. The van der Waals surface area contributed by atoms with Gasteiger partial charge in [0.25, 0.3) is 0 Å². The molecule has 134 valence electrons. The summed E-state index contributed by atoms with van der Waals surface area (Å²) in [6.45, 7) is 0. The minimum Gasteiger partial charge on any atom is -0.399 e. The number of aromatic nitrogens is 2. The summed E-state index contributed by atoms with van der Waals surface area (Å²) in [4.78, 5) is 9.44. The van der Waals surface area contributed by atoms with Crippen molar-refractivity contribution >= 4 is 33.2 Å². The molecule has 0 aliphatic carbocycles. The smallest absolute Gasteiger partial charge is 0.0723 e. The van der Waals surface area contributed by atoms with Crippen molar-refractivity contribution in [3.63, 3.8) is 0 Å². The first kappa shape index (κ1) is 16.3. The van der Waals surface area contributed by atoms with Crippen LogP contribution in [0.4, 0.5) is 11.4 Å². The van der Waals surface area contributed by atoms with Gasteiger partial charge in [0.05, 0.1) is 16.7 Å². The molecule has 4 heteroatoms. The molecular formula is C24H18N4. The molecule has 5 rings (SSSR count). The number of benzene rings is 3. The molecule has 0 saturated heterocycles. The Balaban J connectivity index is 1.89. The van der Waals surface area contributed by atoms with Crippen LogP contribution in [0, 0.1) is 0 Å². The Bertz CT molecular complexity index is 1320. The lowest BCUT2D eigenvalue weighted by molar-refractivity contribution is 1.38. The molecule has 2 heterocycles. The average Bonchev–Trinajstić information content (AvgIpc) is 2.73. The van der Waals surface area contributed by atoms with Gasteiger partial charge < -0.3 is 11.5 Å². The molecule has 3 aromatic carbocycles. The molecule has 0 fully saturated rings. The van der Waals surface area contributed by atoms with Crippen LogP contribution in [0.1, 0.15) is 0 Å². The first-order valence-electron chi connectivity index (χ1n) is 9.09. The van der Waals surface area contributed by atoms with Gasteiger partial charge >= 0.3 is 0 Å². The van der Waals surface area contributed by atoms with Crippen molar-refractivity contribution in [1.29, 1.82) is 0 Å². The number of fused-ring (bicyclic) bond motifs is 3. The van der Waals surface area contributed by atoms with Crippen molar-refractivity contribution in [2.75, 3.05) is 11.5 Å². The number of nitrogens with zero attached hydrogens (tertiary/aromatic N) is 2. The van der Waals surface area contributed by atoms with Crippen LogP contribution < -0.4 is 11.5 Å². The van der Waals surface area contributed by atoms with Gasteiger partial charge in [-0.2, -0.15) is 0 Å². The van der Waals surface area contributed by atoms with E-state index in [1.165, 1.54) is 0 Å². The highest BCUT2D eigenvalue weighted by molar-refractivity contribution is 6.13. The van der Waals surface area contributed by atoms with Gasteiger partial charge in [-0.3, -0.25) is 4.98 Å². The van der Waals surface area contributed by atoms with Crippen LogP contribution in [-0.2, 0) is 0 Å². The summed E-state index contributed by atoms with van der Waals surface area (Å²) in [5.41, 5.74) is 19.3. The van der Waals surface area contributed by atoms with Crippen LogP contribution in [0.25, 0.3) is 44.2 Å². The molecule has 0 spiro atoms. The van der Waals surface area contributed by atoms with Crippen molar-refractivity contribution in [1.82, 2.24) is 9.97 Å². The highest BCUT2D eigenvalue weighted by atomic mass is 14.7. The lowest BCUT2D eigenvalue weighted by Crippen LogP contribution is -1.93. The fourth-order valence-corrected chi connectivity index (χ4v) is 3.62. The fourth-order valence-electron chi connectivity index (χ4n) is 3.62. The second-order valence-corrected chi connectivity index (χ2v) is 6.83. The summed E-state index contributed by atoms with van der Waals surface area (Å²) in [7, 11) is 0. The quantitative estimate of drug-likeness (QED) is 0.331. The second kappa shape index (κ2) is 6.35. The third-order valence-electron chi connectivity index (χ3n) is 4.96. The molecule has 0 saturated carbocycles. The number of anilines is 2. The third kappa shape index (κ3) is 2.72. The predicted molar refractivity (Wildman–Crippen MR) is 117 cm³/mol. The topological polar surface area (TPSA) is 77.8 Å². The first-order valence-corrected chi connectivity index (χ1v) is 9.09. The van der Waals surface area contributed by atoms with E-state index in [1.807, 2.05) is 66.9 Å². The van der Waals surface area contributed by atoms with Crippen molar-refractivity contribution < 1.29 is 0 Å². The fraction of sp³-hybridized carbons (Fsp3) is 0. The van der Waals surface area contributed by atoms with Gasteiger partial charge in [0.15, 0.2) is 0 Å². The van der Waals surface area contributed by atoms with Crippen LogP contribution >= 0.6 is 0 Å². The third-order valence-corrected chi connectivity index (χ3v) is 4.96. The molecule has 28 heavy (non-hydrogen) atoms. The summed E-state index contributed by atoms with van der Waals surface area (Å²) in [6, 6.07) is 25.9. The summed E-state index contributed by atoms with van der Waals surface area (Å²) in [5.74, 6) is 0. The molecule has 0 unspecified atom stereocenters. The van der Waals surface area contributed by atoms with Gasteiger partial charge in [0, 0.05) is 33.9 Å². The van der Waals surface area contributed by atoms with Gasteiger partial charge in [-0.1, -0.05) is 30.3 Å². The molecule has 0 bridgehead atoms. The van der Waals surface area contributed by atoms with Crippen molar-refractivity contribution in [2.45, 2.75) is 0 Å². The van der Waals surface area contributed by atoms with E-state index >= 15 is 0 Å². The van der Waals surface area contributed by atoms with Gasteiger partial charge in [0.2, 0.25) is 0 Å². The van der Waals surface area contributed by atoms with Crippen LogP contribution in [0.2, 0.25) is 0 Å². The maximum Gasteiger partial charge on any atom is 0.0723 e. The molecule has 0 aliphatic rings. The zero-order chi connectivity index (χ0) is 19.1. The van der Waals surface area contributed by atoms with Gasteiger partial charge in [-0.15, -0.1) is 0 Å². The molecule has 0 amide bonds. The first-order chi connectivity index (χ1) is 13.7. The van der Waals surface area contributed by atoms with E-state index in [-0.39, 0.29) is 0 Å². The Labute approximate surface area is 162 Å². The summed E-state index contributed by atoms with van der Waals surface area (Å²) < 4.78 is 0. The molecule has 4 N–H and O–H groups in total. The normalized spacial score (nSPS) is 11.1. The Morgan fingerprint density at radius 3 is 2.29 bits per heavy atom. The molecule has 0 atom stereocenters. The van der Waals surface area contributed by atoms with Crippen molar-refractivity contribution in [3.05, 3.63) is 85.1 Å². The lowest BCUT2D eigenvalue weighted by atomic mass is 9.95. The maximum atomic E-state index is 6.08. The zero-order valence-corrected chi connectivity index (χ0v) is 15.1. The summed E-state index contributed by atoms with van der Waals surface area (Å²) in [5, 5.41) is 2.16. The number of rotatable bonds is 2. The largest absolute Gasteiger partial charge is 0.399 e. The number of nitrogens with two attached hydrogens (primary N) is 2. The predicted octanol–water partition coefficient (Wildman–Crippen LogP) is 5.28. The van der Waals surface area contributed by atoms with Crippen molar-refractivity contribution in [2.24, 2.45) is 0 Å². The van der Waals surface area contributed by atoms with E-state index in [2.05, 4.69) is 23.2 Å². The molecule has 4 nitrogen and oxygen atoms in total. The van der Waals surface area contributed by atoms with Crippen LogP contribution in [0.15, 0.2) is 85.1 Å². The monoisotopic (exact) mass is 362 g/mol. The van der Waals surface area contributed by atoms with Crippen LogP contribution in [0.5, 0.6) is 0 Å². The highest BCUT2D eigenvalue weighted by Gasteiger charge is 2.13. The van der Waals surface area contributed by atoms with Crippen LogP contribution in [-0.4, -0.2) is 9.97 Å². The molecular weight excluding hydrogens is 344 g/mol. The van der Waals surface area contributed by atoms with E-state index in [0.717, 1.165) is 55.6 Å². The Morgan fingerprint density at radius 2 is 1.46 bits per heavy atom. The van der Waals surface area contributed by atoms with E-state index in [0.29, 0.717) is 0 Å².